The van der Waals surface area contributed by atoms with Gasteiger partial charge in [-0.3, -0.25) is 0 Å². The Morgan fingerprint density at radius 1 is 1.62 bits per heavy atom. The van der Waals surface area contributed by atoms with Gasteiger partial charge >= 0.3 is 5.97 Å². The van der Waals surface area contributed by atoms with E-state index in [2.05, 4.69) is 20.9 Å². The van der Waals surface area contributed by atoms with Gasteiger partial charge in [-0.1, -0.05) is 13.0 Å². The number of carbonyl (C=O) groups is 1. The molecule has 1 aromatic carbocycles. The second-order valence-corrected chi connectivity index (χ2v) is 3.39. The van der Waals surface area contributed by atoms with E-state index in [4.69, 9.17) is 0 Å². The molecule has 0 spiro atoms. The SMILES string of the molecule is CCc1ccc(Br)c(C(=O)OF)c1. The molecule has 0 amide bonds. The van der Waals surface area contributed by atoms with E-state index in [0.29, 0.717) is 4.47 Å². The molecule has 0 saturated carbocycles. The Morgan fingerprint density at radius 3 is 2.85 bits per heavy atom. The summed E-state index contributed by atoms with van der Waals surface area (Å²) in [6.07, 6.45) is 0.792. The lowest BCUT2D eigenvalue weighted by molar-refractivity contribution is -0.0788. The molecule has 0 aliphatic carbocycles. The number of hydrogen-bond donors (Lipinski definition) is 0. The minimum absolute atomic E-state index is 0.210. The van der Waals surface area contributed by atoms with Crippen LogP contribution in [0.2, 0.25) is 0 Å². The summed E-state index contributed by atoms with van der Waals surface area (Å²) in [7, 11) is 0. The lowest BCUT2D eigenvalue weighted by Gasteiger charge is -2.01. The first-order chi connectivity index (χ1) is 6.19. The molecule has 0 fully saturated rings. The number of rotatable bonds is 2. The third kappa shape index (κ3) is 2.28. The molecule has 2 nitrogen and oxygen atoms in total. The molecule has 70 valence electrons. The van der Waals surface area contributed by atoms with Crippen molar-refractivity contribution >= 4 is 21.9 Å². The third-order valence-electron chi connectivity index (χ3n) is 1.73. The second-order valence-electron chi connectivity index (χ2n) is 2.53. The van der Waals surface area contributed by atoms with E-state index in [1.807, 2.05) is 13.0 Å². The average Bonchev–Trinajstić information content (AvgIpc) is 2.17. The van der Waals surface area contributed by atoms with Crippen LogP contribution in [0.5, 0.6) is 0 Å². The van der Waals surface area contributed by atoms with Crippen molar-refractivity contribution in [3.05, 3.63) is 33.8 Å². The van der Waals surface area contributed by atoms with Gasteiger partial charge in [0.2, 0.25) is 0 Å². The number of carbonyl (C=O) groups excluding carboxylic acids is 1. The number of halogens is 2. The fourth-order valence-corrected chi connectivity index (χ4v) is 1.40. The highest BCUT2D eigenvalue weighted by Crippen LogP contribution is 2.19. The van der Waals surface area contributed by atoms with Crippen molar-refractivity contribution in [2.75, 3.05) is 0 Å². The van der Waals surface area contributed by atoms with Gasteiger partial charge in [-0.05, 0) is 40.0 Å². The lowest BCUT2D eigenvalue weighted by atomic mass is 10.1. The molecule has 0 aliphatic heterocycles. The highest BCUT2D eigenvalue weighted by molar-refractivity contribution is 9.10. The molecule has 0 N–H and O–H groups in total. The van der Waals surface area contributed by atoms with Crippen LogP contribution in [-0.4, -0.2) is 5.97 Å². The Morgan fingerprint density at radius 2 is 2.31 bits per heavy atom. The van der Waals surface area contributed by atoms with Crippen LogP contribution in [0.3, 0.4) is 0 Å². The van der Waals surface area contributed by atoms with Crippen LogP contribution >= 0.6 is 15.9 Å². The van der Waals surface area contributed by atoms with E-state index in [-0.39, 0.29) is 5.56 Å². The average molecular weight is 247 g/mol. The molecule has 13 heavy (non-hydrogen) atoms. The normalized spacial score (nSPS) is 9.77. The summed E-state index contributed by atoms with van der Waals surface area (Å²) in [5, 5.41) is 0. The summed E-state index contributed by atoms with van der Waals surface area (Å²) in [6.45, 7) is 1.95. The van der Waals surface area contributed by atoms with Crippen molar-refractivity contribution < 1.29 is 14.3 Å². The predicted molar refractivity (Wildman–Crippen MR) is 50.0 cm³/mol. The molecular formula is C9H8BrFO2. The Bertz CT molecular complexity index is 325. The van der Waals surface area contributed by atoms with E-state index in [1.165, 1.54) is 0 Å². The maximum Gasteiger partial charge on any atom is 0.380 e. The monoisotopic (exact) mass is 246 g/mol. The van der Waals surface area contributed by atoms with Gasteiger partial charge < -0.3 is 0 Å². The molecule has 4 heteroatoms. The molecule has 1 rings (SSSR count). The molecule has 0 unspecified atom stereocenters. The molecule has 0 aromatic heterocycles. The first-order valence-corrected chi connectivity index (χ1v) is 4.59. The molecule has 0 atom stereocenters. The Kier molecular flexibility index (Phi) is 3.42. The molecule has 0 aliphatic rings. The summed E-state index contributed by atoms with van der Waals surface area (Å²) in [4.78, 5) is 14.0. The predicted octanol–water partition coefficient (Wildman–Crippen LogP) is 3.05. The van der Waals surface area contributed by atoms with Crippen molar-refractivity contribution in [1.82, 2.24) is 0 Å². The Balaban J connectivity index is 3.11. The van der Waals surface area contributed by atoms with Crippen LogP contribution in [-0.2, 0) is 11.4 Å². The van der Waals surface area contributed by atoms with Crippen LogP contribution in [0.4, 0.5) is 4.53 Å². The highest BCUT2D eigenvalue weighted by atomic mass is 79.9. The van der Waals surface area contributed by atoms with E-state index in [0.717, 1.165) is 12.0 Å². The molecular weight excluding hydrogens is 239 g/mol. The van der Waals surface area contributed by atoms with E-state index >= 15 is 0 Å². The minimum atomic E-state index is -0.970. The number of aryl methyl sites for hydroxylation is 1. The maximum atomic E-state index is 11.6. The van der Waals surface area contributed by atoms with Crippen LogP contribution in [0, 0.1) is 0 Å². The van der Waals surface area contributed by atoms with Crippen molar-refractivity contribution in [3.8, 4) is 0 Å². The van der Waals surface area contributed by atoms with E-state index in [1.54, 1.807) is 12.1 Å². The topological polar surface area (TPSA) is 26.3 Å². The molecule has 0 bridgehead atoms. The van der Waals surface area contributed by atoms with E-state index < -0.39 is 5.97 Å². The quantitative estimate of drug-likeness (QED) is 0.802. The maximum absolute atomic E-state index is 11.6. The zero-order valence-corrected chi connectivity index (χ0v) is 8.60. The highest BCUT2D eigenvalue weighted by Gasteiger charge is 2.12. The van der Waals surface area contributed by atoms with Crippen LogP contribution in [0.1, 0.15) is 22.8 Å². The van der Waals surface area contributed by atoms with Gasteiger partial charge in [0.1, 0.15) is 0 Å². The van der Waals surface area contributed by atoms with Crippen LogP contribution < -0.4 is 0 Å². The zero-order valence-electron chi connectivity index (χ0n) is 7.01. The van der Waals surface area contributed by atoms with Gasteiger partial charge in [0.25, 0.3) is 0 Å². The molecule has 0 radical (unpaired) electrons. The largest absolute Gasteiger partial charge is 0.380 e. The summed E-state index contributed by atoms with van der Waals surface area (Å²) in [6, 6.07) is 5.16. The molecule has 1 aromatic rings. The molecule has 0 saturated heterocycles. The van der Waals surface area contributed by atoms with Gasteiger partial charge in [0, 0.05) is 9.00 Å². The van der Waals surface area contributed by atoms with E-state index in [9.17, 15) is 9.32 Å². The zero-order chi connectivity index (χ0) is 9.84. The second kappa shape index (κ2) is 4.37. The standard InChI is InChI=1S/C9H8BrFO2/c1-2-6-3-4-8(10)7(5-6)9(12)13-11/h3-5H,2H2,1H3. The van der Waals surface area contributed by atoms with Gasteiger partial charge in [0.15, 0.2) is 0 Å². The summed E-state index contributed by atoms with van der Waals surface area (Å²) in [5.41, 5.74) is 1.17. The number of benzene rings is 1. The first kappa shape index (κ1) is 10.2. The number of hydrogen-bond acceptors (Lipinski definition) is 2. The van der Waals surface area contributed by atoms with Crippen LogP contribution in [0.15, 0.2) is 22.7 Å². The Hall–Kier alpha value is -0.900. The van der Waals surface area contributed by atoms with Crippen LogP contribution in [0.25, 0.3) is 0 Å². The van der Waals surface area contributed by atoms with Crippen molar-refractivity contribution in [2.45, 2.75) is 13.3 Å². The summed E-state index contributed by atoms with van der Waals surface area (Å²) >= 11 is 3.13. The fourth-order valence-electron chi connectivity index (χ4n) is 0.990. The lowest BCUT2D eigenvalue weighted by Crippen LogP contribution is -2.00. The minimum Gasteiger partial charge on any atom is -0.249 e. The first-order valence-electron chi connectivity index (χ1n) is 3.80. The van der Waals surface area contributed by atoms with Crippen molar-refractivity contribution in [1.29, 1.82) is 0 Å². The third-order valence-corrected chi connectivity index (χ3v) is 2.42. The van der Waals surface area contributed by atoms with Crippen molar-refractivity contribution in [3.63, 3.8) is 0 Å². The fraction of sp³-hybridized carbons (Fsp3) is 0.222. The van der Waals surface area contributed by atoms with Gasteiger partial charge in [-0.2, -0.15) is 0 Å². The summed E-state index contributed by atoms with van der Waals surface area (Å²) < 4.78 is 12.2. The Labute approximate surface area is 83.7 Å². The summed E-state index contributed by atoms with van der Waals surface area (Å²) in [5.74, 6) is -0.970. The molecule has 0 heterocycles. The van der Waals surface area contributed by atoms with Crippen molar-refractivity contribution in [2.24, 2.45) is 0 Å². The van der Waals surface area contributed by atoms with Gasteiger partial charge in [0.05, 0.1) is 5.56 Å². The smallest absolute Gasteiger partial charge is 0.249 e. The van der Waals surface area contributed by atoms with Gasteiger partial charge in [-0.25, -0.2) is 9.74 Å². The van der Waals surface area contributed by atoms with Gasteiger partial charge in [-0.15, -0.1) is 0 Å².